The normalized spacial score (nSPS) is 12.0. The molecule has 1 heterocycles. The monoisotopic (exact) mass is 462 g/mol. The van der Waals surface area contributed by atoms with Gasteiger partial charge in [-0.05, 0) is 17.7 Å². The molecule has 3 aromatic rings. The summed E-state index contributed by atoms with van der Waals surface area (Å²) in [5.74, 6) is -0.854. The number of anilines is 1. The molecule has 0 saturated heterocycles. The first-order chi connectivity index (χ1) is 16.1. The van der Waals surface area contributed by atoms with Crippen molar-refractivity contribution < 1.29 is 19.1 Å². The summed E-state index contributed by atoms with van der Waals surface area (Å²) in [4.78, 5) is 36.6. The molecule has 178 valence electrons. The molecule has 1 atom stereocenters. The number of rotatable bonds is 8. The van der Waals surface area contributed by atoms with Crippen molar-refractivity contribution >= 4 is 23.6 Å². The predicted octanol–water partition coefficient (Wildman–Crippen LogP) is 3.92. The van der Waals surface area contributed by atoms with E-state index in [1.165, 1.54) is 6.92 Å². The average Bonchev–Trinajstić information content (AvgIpc) is 3.22. The second kappa shape index (κ2) is 10.8. The Morgan fingerprint density at radius 2 is 1.62 bits per heavy atom. The fraction of sp³-hybridized carbons (Fsp3) is 0.308. The lowest BCUT2D eigenvalue weighted by molar-refractivity contribution is -0.148. The minimum absolute atomic E-state index is 0.0903. The number of amides is 2. The van der Waals surface area contributed by atoms with Gasteiger partial charge in [0.2, 0.25) is 5.91 Å². The average molecular weight is 463 g/mol. The van der Waals surface area contributed by atoms with Crippen LogP contribution < -0.4 is 10.6 Å². The standard InChI is InChI=1S/C26H30N4O4/c1-18(31)27-21(19-11-7-5-8-12-19)15-25(33)34-17-24(32)28-23-16-22(26(2,3)4)29-30(23)20-13-9-6-10-14-20/h5-14,16,21H,15,17H2,1-4H3,(H,27,31)(H,28,32). The third kappa shape index (κ3) is 6.78. The zero-order valence-electron chi connectivity index (χ0n) is 19.9. The molecule has 8 heteroatoms. The van der Waals surface area contributed by atoms with E-state index in [9.17, 15) is 14.4 Å². The first kappa shape index (κ1) is 24.7. The summed E-state index contributed by atoms with van der Waals surface area (Å²) >= 11 is 0. The fourth-order valence-electron chi connectivity index (χ4n) is 3.34. The van der Waals surface area contributed by atoms with E-state index in [4.69, 9.17) is 4.74 Å². The summed E-state index contributed by atoms with van der Waals surface area (Å²) < 4.78 is 6.85. The summed E-state index contributed by atoms with van der Waals surface area (Å²) in [6, 6.07) is 19.9. The van der Waals surface area contributed by atoms with Crippen molar-refractivity contribution in [3.05, 3.63) is 78.0 Å². The van der Waals surface area contributed by atoms with Crippen LogP contribution in [0.4, 0.5) is 5.82 Å². The Morgan fingerprint density at radius 3 is 2.21 bits per heavy atom. The fourth-order valence-corrected chi connectivity index (χ4v) is 3.34. The van der Waals surface area contributed by atoms with Gasteiger partial charge in [-0.15, -0.1) is 0 Å². The molecule has 1 unspecified atom stereocenters. The van der Waals surface area contributed by atoms with Crippen LogP contribution in [-0.4, -0.2) is 34.2 Å². The Hall–Kier alpha value is -3.94. The number of hydrogen-bond donors (Lipinski definition) is 2. The second-order valence-corrected chi connectivity index (χ2v) is 8.99. The van der Waals surface area contributed by atoms with E-state index in [2.05, 4.69) is 15.7 Å². The molecule has 34 heavy (non-hydrogen) atoms. The molecule has 2 N–H and O–H groups in total. The molecule has 0 aliphatic heterocycles. The molecule has 3 rings (SSSR count). The molecule has 0 saturated carbocycles. The van der Waals surface area contributed by atoms with Crippen molar-refractivity contribution in [3.63, 3.8) is 0 Å². The van der Waals surface area contributed by atoms with Crippen LogP contribution in [0.5, 0.6) is 0 Å². The topological polar surface area (TPSA) is 102 Å². The quantitative estimate of drug-likeness (QED) is 0.494. The Balaban J connectivity index is 1.66. The van der Waals surface area contributed by atoms with Gasteiger partial charge in [-0.2, -0.15) is 5.10 Å². The lowest BCUT2D eigenvalue weighted by Gasteiger charge is -2.17. The van der Waals surface area contributed by atoms with E-state index >= 15 is 0 Å². The highest BCUT2D eigenvalue weighted by atomic mass is 16.5. The first-order valence-electron chi connectivity index (χ1n) is 11.1. The molecule has 0 radical (unpaired) electrons. The molecule has 2 aromatic carbocycles. The van der Waals surface area contributed by atoms with Crippen molar-refractivity contribution in [1.29, 1.82) is 0 Å². The third-order valence-corrected chi connectivity index (χ3v) is 5.06. The van der Waals surface area contributed by atoms with Gasteiger partial charge in [0.25, 0.3) is 5.91 Å². The number of benzene rings is 2. The third-order valence-electron chi connectivity index (χ3n) is 5.06. The maximum atomic E-state index is 12.6. The number of carbonyl (C=O) groups excluding carboxylic acids is 3. The van der Waals surface area contributed by atoms with Gasteiger partial charge < -0.3 is 15.4 Å². The Kier molecular flexibility index (Phi) is 7.83. The van der Waals surface area contributed by atoms with Crippen LogP contribution in [0.15, 0.2) is 66.7 Å². The summed E-state index contributed by atoms with van der Waals surface area (Å²) in [5, 5.41) is 10.2. The number of nitrogens with zero attached hydrogens (tertiary/aromatic N) is 2. The van der Waals surface area contributed by atoms with E-state index < -0.39 is 24.5 Å². The number of esters is 1. The molecular formula is C26H30N4O4. The van der Waals surface area contributed by atoms with E-state index in [0.717, 1.165) is 16.9 Å². The van der Waals surface area contributed by atoms with Crippen molar-refractivity contribution in [2.24, 2.45) is 0 Å². The number of carbonyl (C=O) groups is 3. The van der Waals surface area contributed by atoms with Gasteiger partial charge in [-0.1, -0.05) is 69.3 Å². The van der Waals surface area contributed by atoms with Crippen molar-refractivity contribution in [3.8, 4) is 5.69 Å². The van der Waals surface area contributed by atoms with E-state index in [1.54, 1.807) is 4.68 Å². The number of hydrogen-bond acceptors (Lipinski definition) is 5. The minimum Gasteiger partial charge on any atom is -0.455 e. The van der Waals surface area contributed by atoms with Gasteiger partial charge >= 0.3 is 5.97 Å². The van der Waals surface area contributed by atoms with Gasteiger partial charge in [0.1, 0.15) is 5.82 Å². The van der Waals surface area contributed by atoms with Crippen LogP contribution in [0.3, 0.4) is 0 Å². The van der Waals surface area contributed by atoms with Crippen LogP contribution in [0.25, 0.3) is 5.69 Å². The van der Waals surface area contributed by atoms with Crippen molar-refractivity contribution in [2.75, 3.05) is 11.9 Å². The van der Waals surface area contributed by atoms with E-state index in [0.29, 0.717) is 5.82 Å². The molecule has 8 nitrogen and oxygen atoms in total. The number of para-hydroxylation sites is 1. The van der Waals surface area contributed by atoms with Gasteiger partial charge in [-0.25, -0.2) is 4.68 Å². The number of nitrogens with one attached hydrogen (secondary N) is 2. The van der Waals surface area contributed by atoms with Crippen molar-refractivity contribution in [1.82, 2.24) is 15.1 Å². The highest BCUT2D eigenvalue weighted by molar-refractivity contribution is 5.92. The summed E-state index contributed by atoms with van der Waals surface area (Å²) in [7, 11) is 0. The van der Waals surface area contributed by atoms with E-state index in [-0.39, 0.29) is 17.7 Å². The number of ether oxygens (including phenoxy) is 1. The maximum absolute atomic E-state index is 12.6. The highest BCUT2D eigenvalue weighted by Crippen LogP contribution is 2.26. The molecule has 0 fully saturated rings. The Bertz CT molecular complexity index is 1130. The summed E-state index contributed by atoms with van der Waals surface area (Å²) in [6.07, 6.45) is -0.0903. The Morgan fingerprint density at radius 1 is 1.00 bits per heavy atom. The molecule has 0 spiro atoms. The largest absolute Gasteiger partial charge is 0.455 e. The van der Waals surface area contributed by atoms with Gasteiger partial charge in [0.15, 0.2) is 6.61 Å². The van der Waals surface area contributed by atoms with Gasteiger partial charge in [0, 0.05) is 18.4 Å². The molecule has 2 amide bonds. The van der Waals surface area contributed by atoms with Crippen LogP contribution in [-0.2, 0) is 24.5 Å². The molecular weight excluding hydrogens is 432 g/mol. The molecule has 0 aliphatic carbocycles. The summed E-state index contributed by atoms with van der Waals surface area (Å²) in [5.41, 5.74) is 2.17. The minimum atomic E-state index is -0.593. The highest BCUT2D eigenvalue weighted by Gasteiger charge is 2.22. The lowest BCUT2D eigenvalue weighted by Crippen LogP contribution is -2.29. The maximum Gasteiger partial charge on any atom is 0.308 e. The van der Waals surface area contributed by atoms with Crippen LogP contribution >= 0.6 is 0 Å². The zero-order valence-corrected chi connectivity index (χ0v) is 19.9. The SMILES string of the molecule is CC(=O)NC(CC(=O)OCC(=O)Nc1cc(C(C)(C)C)nn1-c1ccccc1)c1ccccc1. The van der Waals surface area contributed by atoms with E-state index in [1.807, 2.05) is 87.5 Å². The molecule has 0 bridgehead atoms. The van der Waals surface area contributed by atoms with Gasteiger partial charge in [0.05, 0.1) is 23.8 Å². The van der Waals surface area contributed by atoms with Gasteiger partial charge in [-0.3, -0.25) is 14.4 Å². The smallest absolute Gasteiger partial charge is 0.308 e. The lowest BCUT2D eigenvalue weighted by atomic mass is 9.92. The molecule has 1 aromatic heterocycles. The number of aromatic nitrogens is 2. The first-order valence-corrected chi connectivity index (χ1v) is 11.1. The van der Waals surface area contributed by atoms with Crippen LogP contribution in [0, 0.1) is 0 Å². The zero-order chi connectivity index (χ0) is 24.7. The van der Waals surface area contributed by atoms with Crippen LogP contribution in [0.1, 0.15) is 51.4 Å². The van der Waals surface area contributed by atoms with Crippen molar-refractivity contribution in [2.45, 2.75) is 45.6 Å². The van der Waals surface area contributed by atoms with Crippen LogP contribution in [0.2, 0.25) is 0 Å². The summed E-state index contributed by atoms with van der Waals surface area (Å²) in [6.45, 7) is 7.05. The predicted molar refractivity (Wildman–Crippen MR) is 129 cm³/mol. The molecule has 0 aliphatic rings. The second-order valence-electron chi connectivity index (χ2n) is 8.99. The Labute approximate surface area is 199 Å².